The second kappa shape index (κ2) is 6.70. The van der Waals surface area contributed by atoms with Crippen LogP contribution in [0.5, 0.6) is 0 Å². The number of methoxy groups -OCH3 is 1. The van der Waals surface area contributed by atoms with Crippen LogP contribution in [0.4, 0.5) is 0 Å². The molecule has 2 rings (SSSR count). The van der Waals surface area contributed by atoms with Crippen LogP contribution in [-0.4, -0.2) is 24.2 Å². The average molecular weight is 288 g/mol. The molecule has 0 radical (unpaired) electrons. The SMILES string of the molecule is COC(=O)c1cccc([C@H]2C[C@@H]2C(=O)O)c1.S.S. The number of ether oxygens (including phenoxy) is 1. The molecule has 0 bridgehead atoms. The van der Waals surface area contributed by atoms with E-state index in [1.807, 2.05) is 6.07 Å². The molecule has 18 heavy (non-hydrogen) atoms. The van der Waals surface area contributed by atoms with Crippen molar-refractivity contribution >= 4 is 38.9 Å². The zero-order chi connectivity index (χ0) is 11.7. The normalized spacial score (nSPS) is 20.1. The van der Waals surface area contributed by atoms with Gasteiger partial charge in [0.1, 0.15) is 0 Å². The molecule has 1 aromatic carbocycles. The first-order valence-electron chi connectivity index (χ1n) is 5.04. The van der Waals surface area contributed by atoms with Crippen LogP contribution in [0.3, 0.4) is 0 Å². The predicted octanol–water partition coefficient (Wildman–Crippen LogP) is 1.89. The van der Waals surface area contributed by atoms with Crippen LogP contribution < -0.4 is 0 Å². The molecule has 1 N–H and O–H groups in total. The van der Waals surface area contributed by atoms with Gasteiger partial charge in [-0.05, 0) is 30.0 Å². The topological polar surface area (TPSA) is 63.6 Å². The molecule has 100 valence electrons. The highest BCUT2D eigenvalue weighted by Gasteiger charge is 2.44. The van der Waals surface area contributed by atoms with E-state index < -0.39 is 11.9 Å². The van der Waals surface area contributed by atoms with E-state index in [-0.39, 0.29) is 38.8 Å². The first-order valence-corrected chi connectivity index (χ1v) is 5.04. The number of rotatable bonds is 3. The van der Waals surface area contributed by atoms with Crippen LogP contribution in [-0.2, 0) is 9.53 Å². The minimum absolute atomic E-state index is 0. The average Bonchev–Trinajstić information content (AvgIpc) is 3.08. The lowest BCUT2D eigenvalue weighted by atomic mass is 10.1. The number of carbonyl (C=O) groups excluding carboxylic acids is 1. The number of carboxylic acids is 1. The standard InChI is InChI=1S/C12H12O4.2H2S/c1-16-12(15)8-4-2-3-7(5-8)9-6-10(9)11(13)14;;/h2-5,9-10H,6H2,1H3,(H,13,14);2*1H2/t9-,10+;;/m1../s1. The zero-order valence-corrected chi connectivity index (χ0v) is 11.8. The first-order chi connectivity index (χ1) is 7.63. The summed E-state index contributed by atoms with van der Waals surface area (Å²) in [6, 6.07) is 6.96. The molecule has 1 saturated carbocycles. The van der Waals surface area contributed by atoms with E-state index in [2.05, 4.69) is 4.74 Å². The molecule has 0 unspecified atom stereocenters. The van der Waals surface area contributed by atoms with Crippen molar-refractivity contribution in [1.29, 1.82) is 0 Å². The van der Waals surface area contributed by atoms with Crippen LogP contribution in [0.1, 0.15) is 28.3 Å². The van der Waals surface area contributed by atoms with Crippen molar-refractivity contribution in [3.05, 3.63) is 35.4 Å². The van der Waals surface area contributed by atoms with Gasteiger partial charge in [-0.1, -0.05) is 12.1 Å². The van der Waals surface area contributed by atoms with Gasteiger partial charge in [0.15, 0.2) is 0 Å². The smallest absolute Gasteiger partial charge is 0.337 e. The summed E-state index contributed by atoms with van der Waals surface area (Å²) < 4.78 is 4.61. The molecular weight excluding hydrogens is 272 g/mol. The maximum atomic E-state index is 11.3. The van der Waals surface area contributed by atoms with Gasteiger partial charge in [0.25, 0.3) is 0 Å². The van der Waals surface area contributed by atoms with Crippen LogP contribution in [0.15, 0.2) is 24.3 Å². The van der Waals surface area contributed by atoms with Gasteiger partial charge in [-0.25, -0.2) is 4.79 Å². The molecule has 1 aromatic rings. The third-order valence-electron chi connectivity index (χ3n) is 2.84. The molecule has 0 spiro atoms. The Morgan fingerprint density at radius 2 is 2.00 bits per heavy atom. The van der Waals surface area contributed by atoms with Crippen molar-refractivity contribution in [2.45, 2.75) is 12.3 Å². The van der Waals surface area contributed by atoms with E-state index in [1.54, 1.807) is 18.2 Å². The van der Waals surface area contributed by atoms with Crippen molar-refractivity contribution in [2.75, 3.05) is 7.11 Å². The molecule has 0 heterocycles. The third-order valence-corrected chi connectivity index (χ3v) is 2.84. The highest BCUT2D eigenvalue weighted by Crippen LogP contribution is 2.47. The van der Waals surface area contributed by atoms with Crippen LogP contribution in [0, 0.1) is 5.92 Å². The summed E-state index contributed by atoms with van der Waals surface area (Å²) in [5, 5.41) is 8.82. The Kier molecular flexibility index (Phi) is 6.28. The summed E-state index contributed by atoms with van der Waals surface area (Å²) in [5.74, 6) is -1.42. The molecule has 0 aliphatic heterocycles. The van der Waals surface area contributed by atoms with Crippen LogP contribution in [0.2, 0.25) is 0 Å². The summed E-state index contributed by atoms with van der Waals surface area (Å²) in [7, 11) is 1.33. The fourth-order valence-corrected chi connectivity index (χ4v) is 1.85. The molecular formula is C12H16O4S2. The number of aliphatic carboxylic acids is 1. The maximum absolute atomic E-state index is 11.3. The van der Waals surface area contributed by atoms with Crippen molar-refractivity contribution < 1.29 is 19.4 Å². The van der Waals surface area contributed by atoms with E-state index in [9.17, 15) is 9.59 Å². The summed E-state index contributed by atoms with van der Waals surface area (Å²) in [6.45, 7) is 0. The molecule has 1 aliphatic rings. The van der Waals surface area contributed by atoms with Crippen molar-refractivity contribution in [2.24, 2.45) is 5.92 Å². The van der Waals surface area contributed by atoms with Gasteiger partial charge in [0, 0.05) is 0 Å². The largest absolute Gasteiger partial charge is 0.481 e. The number of carbonyl (C=O) groups is 2. The molecule has 6 heteroatoms. The van der Waals surface area contributed by atoms with Gasteiger partial charge in [-0.15, -0.1) is 0 Å². The second-order valence-electron chi connectivity index (χ2n) is 3.90. The summed E-state index contributed by atoms with van der Waals surface area (Å²) in [6.07, 6.45) is 0.653. The van der Waals surface area contributed by atoms with Gasteiger partial charge in [0.05, 0.1) is 18.6 Å². The van der Waals surface area contributed by atoms with Crippen LogP contribution >= 0.6 is 27.0 Å². The van der Waals surface area contributed by atoms with Crippen LogP contribution in [0.25, 0.3) is 0 Å². The quantitative estimate of drug-likeness (QED) is 0.863. The van der Waals surface area contributed by atoms with Gasteiger partial charge < -0.3 is 9.84 Å². The third kappa shape index (κ3) is 3.43. The molecule has 4 nitrogen and oxygen atoms in total. The summed E-state index contributed by atoms with van der Waals surface area (Å²) >= 11 is 0. The van der Waals surface area contributed by atoms with Gasteiger partial charge in [0.2, 0.25) is 0 Å². The van der Waals surface area contributed by atoms with E-state index in [0.29, 0.717) is 12.0 Å². The zero-order valence-electron chi connectivity index (χ0n) is 9.84. The lowest BCUT2D eigenvalue weighted by Crippen LogP contribution is -2.02. The Bertz CT molecular complexity index is 447. The Balaban J connectivity index is 0.00000144. The molecule has 1 aliphatic carbocycles. The Labute approximate surface area is 119 Å². The van der Waals surface area contributed by atoms with E-state index >= 15 is 0 Å². The van der Waals surface area contributed by atoms with Crippen molar-refractivity contribution in [3.8, 4) is 0 Å². The van der Waals surface area contributed by atoms with Gasteiger partial charge >= 0.3 is 11.9 Å². The fraction of sp³-hybridized carbons (Fsp3) is 0.333. The van der Waals surface area contributed by atoms with E-state index in [4.69, 9.17) is 5.11 Å². The molecule has 0 aromatic heterocycles. The van der Waals surface area contributed by atoms with Gasteiger partial charge in [-0.3, -0.25) is 4.79 Å². The lowest BCUT2D eigenvalue weighted by molar-refractivity contribution is -0.138. The minimum Gasteiger partial charge on any atom is -0.481 e. The Hall–Kier alpha value is -1.14. The van der Waals surface area contributed by atoms with E-state index in [0.717, 1.165) is 5.56 Å². The number of esters is 1. The molecule has 1 fully saturated rings. The monoisotopic (exact) mass is 288 g/mol. The fourth-order valence-electron chi connectivity index (χ4n) is 1.85. The maximum Gasteiger partial charge on any atom is 0.337 e. The second-order valence-corrected chi connectivity index (χ2v) is 3.90. The van der Waals surface area contributed by atoms with E-state index in [1.165, 1.54) is 7.11 Å². The highest BCUT2D eigenvalue weighted by molar-refractivity contribution is 7.59. The lowest BCUT2D eigenvalue weighted by Gasteiger charge is -2.02. The first kappa shape index (κ1) is 16.9. The van der Waals surface area contributed by atoms with Crippen molar-refractivity contribution in [3.63, 3.8) is 0 Å². The molecule has 0 saturated heterocycles. The number of benzene rings is 1. The Morgan fingerprint density at radius 3 is 2.50 bits per heavy atom. The number of hydrogen-bond donors (Lipinski definition) is 1. The predicted molar refractivity (Wildman–Crippen MR) is 77.0 cm³/mol. The summed E-state index contributed by atoms with van der Waals surface area (Å²) in [4.78, 5) is 22.0. The van der Waals surface area contributed by atoms with Gasteiger partial charge in [-0.2, -0.15) is 27.0 Å². The summed E-state index contributed by atoms with van der Waals surface area (Å²) in [5.41, 5.74) is 1.37. The van der Waals surface area contributed by atoms with Crippen molar-refractivity contribution in [1.82, 2.24) is 0 Å². The molecule has 0 amide bonds. The number of hydrogen-bond acceptors (Lipinski definition) is 3. The Morgan fingerprint density at radius 1 is 1.33 bits per heavy atom. The number of carboxylic acid groups (broad SMARTS) is 1. The minimum atomic E-state index is -0.770. The highest BCUT2D eigenvalue weighted by atomic mass is 32.1. The molecule has 2 atom stereocenters.